The van der Waals surface area contributed by atoms with Gasteiger partial charge in [0.1, 0.15) is 0 Å². The Labute approximate surface area is 211 Å². The molecule has 0 radical (unpaired) electrons. The first-order chi connectivity index (χ1) is 16.7. The molecule has 1 aliphatic rings. The first kappa shape index (κ1) is 24.5. The molecule has 0 fully saturated rings. The van der Waals surface area contributed by atoms with Gasteiger partial charge in [-0.1, -0.05) is 48.0 Å². The molecule has 1 aliphatic heterocycles. The molecule has 0 saturated heterocycles. The zero-order chi connectivity index (χ0) is 25.1. The highest BCUT2D eigenvalue weighted by atomic mass is 35.5. The summed E-state index contributed by atoms with van der Waals surface area (Å²) in [5, 5.41) is 6.94. The number of carbonyl (C=O) groups is 2. The van der Waals surface area contributed by atoms with Crippen molar-refractivity contribution in [2.24, 2.45) is 0 Å². The van der Waals surface area contributed by atoms with Gasteiger partial charge < -0.3 is 20.4 Å². The van der Waals surface area contributed by atoms with E-state index in [2.05, 4.69) is 10.6 Å². The van der Waals surface area contributed by atoms with Gasteiger partial charge >= 0.3 is 0 Å². The first-order valence-corrected chi connectivity index (χ1v) is 11.9. The smallest absolute Gasteiger partial charge is 0.258 e. The van der Waals surface area contributed by atoms with Crippen LogP contribution in [0.1, 0.15) is 25.0 Å². The van der Waals surface area contributed by atoms with E-state index in [1.165, 1.54) is 0 Å². The zero-order valence-corrected chi connectivity index (χ0v) is 21.1. The van der Waals surface area contributed by atoms with E-state index in [9.17, 15) is 9.59 Å². The Morgan fingerprint density at radius 2 is 1.69 bits per heavy atom. The van der Waals surface area contributed by atoms with Crippen LogP contribution in [-0.2, 0) is 9.59 Å². The lowest BCUT2D eigenvalue weighted by Gasteiger charge is -2.28. The average molecular weight is 489 g/mol. The third-order valence-electron chi connectivity index (χ3n) is 5.69. The van der Waals surface area contributed by atoms with E-state index in [1.54, 1.807) is 17.0 Å². The van der Waals surface area contributed by atoms with Crippen LogP contribution in [0.15, 0.2) is 72.8 Å². The summed E-state index contributed by atoms with van der Waals surface area (Å²) in [5.74, 6) is -0.152. The molecule has 4 rings (SSSR count). The number of nitrogens with zero attached hydrogens (tertiary/aromatic N) is 2. The second kappa shape index (κ2) is 10.3. The van der Waals surface area contributed by atoms with Gasteiger partial charge in [0.15, 0.2) is 0 Å². The predicted octanol–water partition coefficient (Wildman–Crippen LogP) is 5.58. The molecule has 2 N–H and O–H groups in total. The Bertz CT molecular complexity index is 1270. The maximum Gasteiger partial charge on any atom is 0.258 e. The van der Waals surface area contributed by atoms with Crippen LogP contribution < -0.4 is 15.5 Å². The number of amides is 2. The van der Waals surface area contributed by atoms with Crippen LogP contribution in [-0.4, -0.2) is 43.4 Å². The monoisotopic (exact) mass is 488 g/mol. The van der Waals surface area contributed by atoms with Gasteiger partial charge in [-0.15, -0.1) is 0 Å². The molecule has 7 heteroatoms. The van der Waals surface area contributed by atoms with E-state index >= 15 is 0 Å². The number of fused-ring (bicyclic) bond motifs is 1. The highest BCUT2D eigenvalue weighted by Crippen LogP contribution is 2.38. The van der Waals surface area contributed by atoms with Gasteiger partial charge in [-0.3, -0.25) is 9.59 Å². The lowest BCUT2D eigenvalue weighted by Crippen LogP contribution is -2.42. The van der Waals surface area contributed by atoms with Gasteiger partial charge in [0.25, 0.3) is 5.91 Å². The van der Waals surface area contributed by atoms with Crippen molar-refractivity contribution in [3.63, 3.8) is 0 Å². The van der Waals surface area contributed by atoms with E-state index in [-0.39, 0.29) is 17.9 Å². The van der Waals surface area contributed by atoms with E-state index in [0.29, 0.717) is 28.5 Å². The number of hydrogen-bond donors (Lipinski definition) is 2. The quantitative estimate of drug-likeness (QED) is 0.426. The molecular formula is C28H29ClN4O2. The van der Waals surface area contributed by atoms with Gasteiger partial charge in [-0.05, 0) is 69.9 Å². The van der Waals surface area contributed by atoms with E-state index in [1.807, 2.05) is 93.5 Å². The van der Waals surface area contributed by atoms with Crippen molar-refractivity contribution in [2.45, 2.75) is 19.9 Å². The second-order valence-electron chi connectivity index (χ2n) is 9.03. The van der Waals surface area contributed by atoms with Crippen LogP contribution >= 0.6 is 11.6 Å². The molecular weight excluding hydrogens is 460 g/mol. The standard InChI is InChI=1S/C28H29ClN4O2/c1-18(2)33(25(34)17-32(3)4)22-13-11-21(12-14-22)30-27(19-8-6-5-7-9-19)26-23-15-10-20(29)16-24(23)31-28(26)35/h5-16,18,30H,17H2,1-4H3,(H,31,35)/b27-26-. The fourth-order valence-corrected chi connectivity index (χ4v) is 4.38. The molecule has 0 atom stereocenters. The number of hydrogen-bond acceptors (Lipinski definition) is 4. The molecule has 3 aromatic rings. The van der Waals surface area contributed by atoms with Gasteiger partial charge in [-0.2, -0.15) is 0 Å². The maximum atomic E-state index is 13.0. The van der Waals surface area contributed by atoms with Crippen LogP contribution in [0.25, 0.3) is 11.3 Å². The Morgan fingerprint density at radius 1 is 1.00 bits per heavy atom. The van der Waals surface area contributed by atoms with Gasteiger partial charge in [0.05, 0.1) is 23.5 Å². The van der Waals surface area contributed by atoms with Gasteiger partial charge in [0.2, 0.25) is 5.91 Å². The lowest BCUT2D eigenvalue weighted by molar-refractivity contribution is -0.119. The van der Waals surface area contributed by atoms with Crippen LogP contribution in [0, 0.1) is 0 Å². The first-order valence-electron chi connectivity index (χ1n) is 11.5. The SMILES string of the molecule is CC(C)N(C(=O)CN(C)C)c1ccc(N/C(=C2\C(=O)Nc3cc(Cl)ccc32)c2ccccc2)cc1. The highest BCUT2D eigenvalue weighted by Gasteiger charge is 2.28. The largest absolute Gasteiger partial charge is 0.354 e. The molecule has 0 saturated carbocycles. The average Bonchev–Trinajstić information content (AvgIpc) is 3.13. The summed E-state index contributed by atoms with van der Waals surface area (Å²) in [6.07, 6.45) is 0. The number of benzene rings is 3. The van der Waals surface area contributed by atoms with Crippen molar-refractivity contribution >= 4 is 51.7 Å². The summed E-state index contributed by atoms with van der Waals surface area (Å²) in [7, 11) is 3.76. The van der Waals surface area contributed by atoms with Crippen molar-refractivity contribution in [3.05, 3.63) is 88.9 Å². The minimum Gasteiger partial charge on any atom is -0.354 e. The lowest BCUT2D eigenvalue weighted by atomic mass is 10.00. The molecule has 3 aromatic carbocycles. The molecule has 35 heavy (non-hydrogen) atoms. The Kier molecular flexibility index (Phi) is 7.24. The highest BCUT2D eigenvalue weighted by molar-refractivity contribution is 6.38. The zero-order valence-electron chi connectivity index (χ0n) is 20.3. The van der Waals surface area contributed by atoms with Crippen molar-refractivity contribution < 1.29 is 9.59 Å². The van der Waals surface area contributed by atoms with Gasteiger partial charge in [-0.25, -0.2) is 0 Å². The summed E-state index contributed by atoms with van der Waals surface area (Å²) in [4.78, 5) is 29.5. The Balaban J connectivity index is 1.72. The maximum absolute atomic E-state index is 13.0. The normalized spacial score (nSPS) is 14.1. The molecule has 2 amide bonds. The summed E-state index contributed by atoms with van der Waals surface area (Å²) in [6.45, 7) is 4.33. The van der Waals surface area contributed by atoms with Gasteiger partial charge in [0, 0.05) is 28.0 Å². The predicted molar refractivity (Wildman–Crippen MR) is 145 cm³/mol. The summed E-state index contributed by atoms with van der Waals surface area (Å²) in [6, 6.07) is 22.8. The van der Waals surface area contributed by atoms with Crippen molar-refractivity contribution in [1.82, 2.24) is 4.90 Å². The Morgan fingerprint density at radius 3 is 2.31 bits per heavy atom. The minimum atomic E-state index is -0.189. The third kappa shape index (κ3) is 5.39. The van der Waals surface area contributed by atoms with Crippen molar-refractivity contribution in [1.29, 1.82) is 0 Å². The van der Waals surface area contributed by atoms with Crippen LogP contribution in [0.2, 0.25) is 5.02 Å². The molecule has 0 unspecified atom stereocenters. The summed E-state index contributed by atoms with van der Waals surface area (Å²) >= 11 is 6.14. The summed E-state index contributed by atoms with van der Waals surface area (Å²) in [5.41, 5.74) is 5.24. The molecule has 6 nitrogen and oxygen atoms in total. The van der Waals surface area contributed by atoms with Crippen LogP contribution in [0.5, 0.6) is 0 Å². The van der Waals surface area contributed by atoms with Crippen molar-refractivity contribution in [3.8, 4) is 0 Å². The molecule has 180 valence electrons. The van der Waals surface area contributed by atoms with Crippen LogP contribution in [0.3, 0.4) is 0 Å². The third-order valence-corrected chi connectivity index (χ3v) is 5.93. The number of halogens is 1. The number of anilines is 3. The summed E-state index contributed by atoms with van der Waals surface area (Å²) < 4.78 is 0. The second-order valence-corrected chi connectivity index (χ2v) is 9.46. The molecule has 1 heterocycles. The van der Waals surface area contributed by atoms with E-state index in [0.717, 1.165) is 22.5 Å². The number of likely N-dealkylation sites (N-methyl/N-ethyl adjacent to an activating group) is 1. The molecule has 0 spiro atoms. The topological polar surface area (TPSA) is 64.7 Å². The molecule has 0 aromatic heterocycles. The Hall–Kier alpha value is -3.61. The van der Waals surface area contributed by atoms with Crippen molar-refractivity contribution in [2.75, 3.05) is 36.2 Å². The number of rotatable bonds is 7. The number of nitrogens with one attached hydrogen (secondary N) is 2. The van der Waals surface area contributed by atoms with E-state index in [4.69, 9.17) is 11.6 Å². The molecule has 0 aliphatic carbocycles. The van der Waals surface area contributed by atoms with Crippen LogP contribution in [0.4, 0.5) is 17.1 Å². The minimum absolute atomic E-state index is 0.0220. The number of carbonyl (C=O) groups excluding carboxylic acids is 2. The fourth-order valence-electron chi connectivity index (χ4n) is 4.20. The fraction of sp³-hybridized carbons (Fsp3) is 0.214. The van der Waals surface area contributed by atoms with E-state index < -0.39 is 0 Å². The molecule has 0 bridgehead atoms.